The molecule has 34 heavy (non-hydrogen) atoms. The number of benzene rings is 1. The van der Waals surface area contributed by atoms with E-state index >= 15 is 0 Å². The molecule has 3 rings (SSSR count). The van der Waals surface area contributed by atoms with Gasteiger partial charge in [-0.05, 0) is 17.5 Å². The lowest BCUT2D eigenvalue weighted by molar-refractivity contribution is -0.139. The number of aliphatic hydroxyl groups excluding tert-OH is 1. The number of methoxy groups -OCH3 is 1. The van der Waals surface area contributed by atoms with Crippen LogP contribution in [0.3, 0.4) is 0 Å². The van der Waals surface area contributed by atoms with Crippen LogP contribution in [0.5, 0.6) is 6.01 Å². The monoisotopic (exact) mass is 472 g/mol. The molecule has 0 spiro atoms. The van der Waals surface area contributed by atoms with E-state index < -0.39 is 0 Å². The van der Waals surface area contributed by atoms with Gasteiger partial charge in [-0.3, -0.25) is 14.3 Å². The minimum Gasteiger partial charge on any atom is -0.469 e. The minimum absolute atomic E-state index is 0.0326. The molecule has 1 aromatic carbocycles. The number of anilines is 1. The molecule has 0 fully saturated rings. The van der Waals surface area contributed by atoms with Gasteiger partial charge in [-0.25, -0.2) is 4.79 Å². The van der Waals surface area contributed by atoms with Gasteiger partial charge in [-0.1, -0.05) is 37.6 Å². The van der Waals surface area contributed by atoms with Gasteiger partial charge in [0.1, 0.15) is 5.52 Å². The number of nitrogens with two attached hydrogens (primary N) is 1. The number of aromatic amines is 1. The highest BCUT2D eigenvalue weighted by Crippen LogP contribution is 2.18. The highest BCUT2D eigenvalue weighted by atomic mass is 16.5. The van der Waals surface area contributed by atoms with Crippen LogP contribution in [0.4, 0.5) is 5.82 Å². The van der Waals surface area contributed by atoms with Gasteiger partial charge in [-0.15, -0.1) is 0 Å². The maximum atomic E-state index is 12.6. The van der Waals surface area contributed by atoms with Crippen molar-refractivity contribution in [2.45, 2.75) is 39.3 Å². The summed E-state index contributed by atoms with van der Waals surface area (Å²) in [5, 5.41) is 9.55. The number of H-pyrrole nitrogens is 1. The first-order chi connectivity index (χ1) is 16.4. The third-order valence-corrected chi connectivity index (χ3v) is 5.39. The molecular formula is C23H32N6O5. The van der Waals surface area contributed by atoms with Gasteiger partial charge in [0.15, 0.2) is 11.5 Å². The molecule has 2 aromatic heterocycles. The first-order valence-corrected chi connectivity index (χ1v) is 11.3. The number of hydrogen-bond acceptors (Lipinski definition) is 9. The number of unbranched alkanes of at least 4 members (excludes halogenated alkanes) is 1. The van der Waals surface area contributed by atoms with Crippen molar-refractivity contribution in [2.24, 2.45) is 0 Å². The van der Waals surface area contributed by atoms with Crippen LogP contribution >= 0.6 is 0 Å². The van der Waals surface area contributed by atoms with Crippen molar-refractivity contribution in [3.05, 3.63) is 45.9 Å². The summed E-state index contributed by atoms with van der Waals surface area (Å²) >= 11 is 0. The zero-order valence-electron chi connectivity index (χ0n) is 19.6. The first-order valence-electron chi connectivity index (χ1n) is 11.3. The fraction of sp³-hybridized carbons (Fsp3) is 0.478. The predicted molar refractivity (Wildman–Crippen MR) is 127 cm³/mol. The van der Waals surface area contributed by atoms with Gasteiger partial charge in [-0.2, -0.15) is 9.97 Å². The van der Waals surface area contributed by atoms with Crippen LogP contribution in [0.1, 0.15) is 30.9 Å². The Balaban J connectivity index is 1.75. The SMILES string of the molecule is CCCCOc1nc(N)c2[nH]c(=O)n(CCN(CCO)Cc3cccc(CC(=O)OC)c3)c2n1. The van der Waals surface area contributed by atoms with E-state index in [1.165, 1.54) is 11.7 Å². The highest BCUT2D eigenvalue weighted by Gasteiger charge is 2.16. The average molecular weight is 473 g/mol. The third kappa shape index (κ3) is 6.55. The van der Waals surface area contributed by atoms with Gasteiger partial charge in [0.05, 0.1) is 26.7 Å². The Kier molecular flexibility index (Phi) is 9.00. The van der Waals surface area contributed by atoms with Crippen molar-refractivity contribution in [2.75, 3.05) is 39.1 Å². The summed E-state index contributed by atoms with van der Waals surface area (Å²) in [5.74, 6) is -0.149. The van der Waals surface area contributed by atoms with E-state index in [4.69, 9.17) is 15.2 Å². The van der Waals surface area contributed by atoms with Crippen LogP contribution < -0.4 is 16.2 Å². The lowest BCUT2D eigenvalue weighted by atomic mass is 10.1. The van der Waals surface area contributed by atoms with Crippen LogP contribution in [0.2, 0.25) is 0 Å². The lowest BCUT2D eigenvalue weighted by Gasteiger charge is -2.22. The van der Waals surface area contributed by atoms with Gasteiger partial charge >= 0.3 is 17.7 Å². The molecule has 11 heteroatoms. The summed E-state index contributed by atoms with van der Waals surface area (Å²) in [6, 6.07) is 7.78. The molecule has 0 amide bonds. The second-order valence-electron chi connectivity index (χ2n) is 7.95. The number of carbonyl (C=O) groups is 1. The minimum atomic E-state index is -0.342. The summed E-state index contributed by atoms with van der Waals surface area (Å²) < 4.78 is 11.8. The Morgan fingerprint density at radius 2 is 2.06 bits per heavy atom. The predicted octanol–water partition coefficient (Wildman–Crippen LogP) is 1.09. The number of carbonyl (C=O) groups excluding carboxylic acids is 1. The molecule has 0 bridgehead atoms. The second kappa shape index (κ2) is 12.1. The third-order valence-electron chi connectivity index (χ3n) is 5.39. The molecule has 0 aliphatic heterocycles. The Hall–Kier alpha value is -3.44. The Bertz CT molecular complexity index is 1160. The van der Waals surface area contributed by atoms with Gasteiger partial charge in [0.2, 0.25) is 0 Å². The molecule has 3 aromatic rings. The molecule has 0 unspecified atom stereocenters. The molecule has 0 saturated carbocycles. The molecule has 0 radical (unpaired) electrons. The Morgan fingerprint density at radius 1 is 1.26 bits per heavy atom. The quantitative estimate of drug-likeness (QED) is 0.245. The van der Waals surface area contributed by atoms with Crippen molar-refractivity contribution in [3.8, 4) is 6.01 Å². The summed E-state index contributed by atoms with van der Waals surface area (Å²) in [6.45, 7) is 4.25. The number of esters is 1. The number of fused-ring (bicyclic) bond motifs is 1. The summed E-state index contributed by atoms with van der Waals surface area (Å²) in [6.07, 6.45) is 2.02. The highest BCUT2D eigenvalue weighted by molar-refractivity contribution is 5.81. The Morgan fingerprint density at radius 3 is 2.79 bits per heavy atom. The van der Waals surface area contributed by atoms with Crippen molar-refractivity contribution >= 4 is 23.0 Å². The number of nitrogen functional groups attached to an aromatic ring is 1. The number of hydrogen-bond donors (Lipinski definition) is 3. The van der Waals surface area contributed by atoms with Crippen LogP contribution in [-0.2, 0) is 29.0 Å². The maximum absolute atomic E-state index is 12.6. The van der Waals surface area contributed by atoms with E-state index in [2.05, 4.69) is 21.9 Å². The second-order valence-corrected chi connectivity index (χ2v) is 7.95. The smallest absolute Gasteiger partial charge is 0.327 e. The van der Waals surface area contributed by atoms with Crippen molar-refractivity contribution < 1.29 is 19.4 Å². The van der Waals surface area contributed by atoms with E-state index in [0.29, 0.717) is 43.9 Å². The number of ether oxygens (including phenoxy) is 2. The Labute approximate surface area is 197 Å². The average Bonchev–Trinajstić information content (AvgIpc) is 3.13. The van der Waals surface area contributed by atoms with Crippen molar-refractivity contribution in [3.63, 3.8) is 0 Å². The molecule has 4 N–H and O–H groups in total. The van der Waals surface area contributed by atoms with Crippen LogP contribution in [0.15, 0.2) is 29.1 Å². The van der Waals surface area contributed by atoms with Crippen LogP contribution in [-0.4, -0.2) is 68.9 Å². The molecular weight excluding hydrogens is 440 g/mol. The number of aromatic nitrogens is 4. The molecule has 2 heterocycles. The van der Waals surface area contributed by atoms with E-state index in [1.54, 1.807) is 0 Å². The zero-order chi connectivity index (χ0) is 24.5. The lowest BCUT2D eigenvalue weighted by Crippen LogP contribution is -2.32. The largest absolute Gasteiger partial charge is 0.469 e. The van der Waals surface area contributed by atoms with Crippen LogP contribution in [0, 0.1) is 0 Å². The molecule has 0 saturated heterocycles. The van der Waals surface area contributed by atoms with Crippen molar-refractivity contribution in [1.29, 1.82) is 0 Å². The molecule has 11 nitrogen and oxygen atoms in total. The summed E-state index contributed by atoms with van der Waals surface area (Å²) in [4.78, 5) is 37.4. The normalized spacial score (nSPS) is 11.3. The number of nitrogens with one attached hydrogen (secondary N) is 1. The summed E-state index contributed by atoms with van der Waals surface area (Å²) in [5.41, 5.74) is 8.27. The molecule has 0 aliphatic carbocycles. The fourth-order valence-electron chi connectivity index (χ4n) is 3.60. The number of imidazole rings is 1. The maximum Gasteiger partial charge on any atom is 0.327 e. The number of aliphatic hydroxyl groups is 1. The van der Waals surface area contributed by atoms with E-state index in [-0.39, 0.29) is 36.5 Å². The van der Waals surface area contributed by atoms with E-state index in [9.17, 15) is 14.7 Å². The fourth-order valence-corrected chi connectivity index (χ4v) is 3.60. The van der Waals surface area contributed by atoms with E-state index in [0.717, 1.165) is 24.0 Å². The number of rotatable bonds is 13. The van der Waals surface area contributed by atoms with E-state index in [1.807, 2.05) is 29.2 Å². The summed E-state index contributed by atoms with van der Waals surface area (Å²) in [7, 11) is 1.36. The molecule has 184 valence electrons. The van der Waals surface area contributed by atoms with Gasteiger partial charge in [0, 0.05) is 26.2 Å². The topological polar surface area (TPSA) is 149 Å². The molecule has 0 aliphatic rings. The standard InChI is InChI=1S/C23H32N6O5/c1-3-4-12-34-22-26-20(24)19-21(27-22)29(23(32)25-19)9-8-28(10-11-30)15-17-7-5-6-16(13-17)14-18(31)33-2/h5-7,13,30H,3-4,8-12,14-15H2,1-2H3,(H,25,32)(H2,24,26,27). The van der Waals surface area contributed by atoms with Gasteiger partial charge < -0.3 is 25.3 Å². The zero-order valence-corrected chi connectivity index (χ0v) is 19.6. The molecule has 0 atom stereocenters. The van der Waals surface area contributed by atoms with Gasteiger partial charge in [0.25, 0.3) is 0 Å². The first kappa shape index (κ1) is 25.2. The van der Waals surface area contributed by atoms with Crippen molar-refractivity contribution in [1.82, 2.24) is 24.4 Å². The van der Waals surface area contributed by atoms with Crippen LogP contribution in [0.25, 0.3) is 11.2 Å². The number of nitrogens with zero attached hydrogens (tertiary/aromatic N) is 4.